The average Bonchev–Trinajstić information content (AvgIpc) is 2.45. The summed E-state index contributed by atoms with van der Waals surface area (Å²) in [5, 5.41) is 3.37. The summed E-state index contributed by atoms with van der Waals surface area (Å²) in [7, 11) is 0. The first kappa shape index (κ1) is 16.0. The third kappa shape index (κ3) is 5.19. The third-order valence-electron chi connectivity index (χ3n) is 3.56. The molecule has 0 bridgehead atoms. The van der Waals surface area contributed by atoms with Crippen molar-refractivity contribution in [3.05, 3.63) is 23.9 Å². The fraction of sp³-hybridized carbons (Fsp3) is 0.688. The van der Waals surface area contributed by atoms with Gasteiger partial charge in [-0.2, -0.15) is 0 Å². The minimum Gasteiger partial charge on any atom is -0.354 e. The van der Waals surface area contributed by atoms with Crippen molar-refractivity contribution in [3.63, 3.8) is 0 Å². The van der Waals surface area contributed by atoms with Crippen molar-refractivity contribution >= 4 is 5.82 Å². The number of anilines is 1. The molecule has 0 amide bonds. The quantitative estimate of drug-likeness (QED) is 0.738. The van der Waals surface area contributed by atoms with Gasteiger partial charge in [0.2, 0.25) is 0 Å². The molecule has 1 unspecified atom stereocenters. The van der Waals surface area contributed by atoms with Crippen LogP contribution in [0.2, 0.25) is 0 Å². The molecular weight excluding hydrogens is 234 g/mol. The maximum absolute atomic E-state index is 4.57. The van der Waals surface area contributed by atoms with E-state index < -0.39 is 0 Å². The van der Waals surface area contributed by atoms with Gasteiger partial charge in [0.1, 0.15) is 5.82 Å². The lowest BCUT2D eigenvalue weighted by Gasteiger charge is -2.30. The van der Waals surface area contributed by atoms with Gasteiger partial charge in [0.25, 0.3) is 0 Å². The fourth-order valence-electron chi connectivity index (χ4n) is 2.11. The number of unbranched alkanes of at least 4 members (excludes halogenated alkanes) is 1. The summed E-state index contributed by atoms with van der Waals surface area (Å²) >= 11 is 0. The van der Waals surface area contributed by atoms with E-state index in [0.717, 1.165) is 31.9 Å². The van der Waals surface area contributed by atoms with Crippen molar-refractivity contribution in [1.82, 2.24) is 10.3 Å². The maximum atomic E-state index is 4.57. The molecule has 0 radical (unpaired) electrons. The van der Waals surface area contributed by atoms with Crippen LogP contribution in [0.15, 0.2) is 18.3 Å². The molecule has 0 aliphatic carbocycles. The van der Waals surface area contributed by atoms with E-state index in [9.17, 15) is 0 Å². The molecule has 0 fully saturated rings. The van der Waals surface area contributed by atoms with Crippen LogP contribution in [0, 0.1) is 0 Å². The summed E-state index contributed by atoms with van der Waals surface area (Å²) in [5.41, 5.74) is 1.32. The number of pyridine rings is 1. The maximum Gasteiger partial charge on any atom is 0.129 e. The molecule has 0 aliphatic rings. The van der Waals surface area contributed by atoms with Crippen molar-refractivity contribution in [2.75, 3.05) is 18.0 Å². The van der Waals surface area contributed by atoms with Gasteiger partial charge in [0.15, 0.2) is 0 Å². The Labute approximate surface area is 118 Å². The van der Waals surface area contributed by atoms with Crippen LogP contribution < -0.4 is 10.2 Å². The van der Waals surface area contributed by atoms with E-state index in [4.69, 9.17) is 0 Å². The van der Waals surface area contributed by atoms with Crippen molar-refractivity contribution < 1.29 is 0 Å². The highest BCUT2D eigenvalue weighted by molar-refractivity contribution is 5.42. The number of aromatic nitrogens is 1. The highest BCUT2D eigenvalue weighted by atomic mass is 15.2. The lowest BCUT2D eigenvalue weighted by molar-refractivity contribution is 0.589. The van der Waals surface area contributed by atoms with E-state index in [-0.39, 0.29) is 0 Å². The Morgan fingerprint density at radius 2 is 2.11 bits per heavy atom. The van der Waals surface area contributed by atoms with Crippen molar-refractivity contribution in [2.45, 2.75) is 59.5 Å². The summed E-state index contributed by atoms with van der Waals surface area (Å²) in [6, 6.07) is 4.87. The zero-order valence-electron chi connectivity index (χ0n) is 12.9. The van der Waals surface area contributed by atoms with Crippen LogP contribution in [-0.4, -0.2) is 24.1 Å². The van der Waals surface area contributed by atoms with E-state index in [2.05, 4.69) is 55.0 Å². The number of hydrogen-bond donors (Lipinski definition) is 1. The molecule has 0 saturated carbocycles. The molecule has 19 heavy (non-hydrogen) atoms. The molecule has 3 nitrogen and oxygen atoms in total. The average molecular weight is 263 g/mol. The monoisotopic (exact) mass is 263 g/mol. The third-order valence-corrected chi connectivity index (χ3v) is 3.56. The van der Waals surface area contributed by atoms with Gasteiger partial charge in [-0.15, -0.1) is 0 Å². The molecule has 108 valence electrons. The second-order valence-electron chi connectivity index (χ2n) is 5.11. The van der Waals surface area contributed by atoms with Gasteiger partial charge in [-0.1, -0.05) is 27.2 Å². The molecular formula is C16H29N3. The molecule has 1 rings (SSSR count). The summed E-state index contributed by atoms with van der Waals surface area (Å²) < 4.78 is 0. The van der Waals surface area contributed by atoms with Crippen molar-refractivity contribution in [3.8, 4) is 0 Å². The molecule has 0 aliphatic heterocycles. The summed E-state index contributed by atoms with van der Waals surface area (Å²) in [5.74, 6) is 1.12. The summed E-state index contributed by atoms with van der Waals surface area (Å²) in [6.07, 6.45) is 5.54. The smallest absolute Gasteiger partial charge is 0.129 e. The largest absolute Gasteiger partial charge is 0.354 e. The summed E-state index contributed by atoms with van der Waals surface area (Å²) in [6.45, 7) is 11.9. The van der Waals surface area contributed by atoms with Crippen molar-refractivity contribution in [1.29, 1.82) is 0 Å². The van der Waals surface area contributed by atoms with Gasteiger partial charge in [-0.05, 0) is 44.0 Å². The molecule has 0 aromatic carbocycles. The van der Waals surface area contributed by atoms with Gasteiger partial charge < -0.3 is 10.2 Å². The molecule has 1 atom stereocenters. The van der Waals surface area contributed by atoms with Crippen LogP contribution in [0.1, 0.15) is 52.5 Å². The second kappa shape index (κ2) is 8.92. The lowest BCUT2D eigenvalue weighted by atomic mass is 10.1. The van der Waals surface area contributed by atoms with Gasteiger partial charge in [0.05, 0.1) is 0 Å². The Morgan fingerprint density at radius 3 is 2.74 bits per heavy atom. The normalized spacial score (nSPS) is 12.4. The van der Waals surface area contributed by atoms with Gasteiger partial charge >= 0.3 is 0 Å². The van der Waals surface area contributed by atoms with Crippen LogP contribution in [0.5, 0.6) is 0 Å². The second-order valence-corrected chi connectivity index (χ2v) is 5.11. The molecule has 0 spiro atoms. The molecule has 3 heteroatoms. The predicted molar refractivity (Wildman–Crippen MR) is 83.6 cm³/mol. The van der Waals surface area contributed by atoms with E-state index in [1.165, 1.54) is 18.4 Å². The van der Waals surface area contributed by atoms with Crippen molar-refractivity contribution in [2.24, 2.45) is 0 Å². The van der Waals surface area contributed by atoms with Gasteiger partial charge in [0, 0.05) is 25.3 Å². The number of hydrogen-bond acceptors (Lipinski definition) is 3. The van der Waals surface area contributed by atoms with Crippen LogP contribution in [0.25, 0.3) is 0 Å². The standard InChI is InChI=1S/C16H29N3/c1-5-8-11-19(14(4)6-2)16-12-15(9-10-18-16)13-17-7-3/h9-10,12,14,17H,5-8,11,13H2,1-4H3. The van der Waals surface area contributed by atoms with Gasteiger partial charge in [-0.25, -0.2) is 4.98 Å². The zero-order valence-corrected chi connectivity index (χ0v) is 12.9. The first-order valence-corrected chi connectivity index (χ1v) is 7.65. The Balaban J connectivity index is 2.81. The van der Waals surface area contributed by atoms with Gasteiger partial charge in [-0.3, -0.25) is 0 Å². The topological polar surface area (TPSA) is 28.2 Å². The first-order valence-electron chi connectivity index (χ1n) is 7.65. The van der Waals surface area contributed by atoms with Crippen LogP contribution in [0.3, 0.4) is 0 Å². The Bertz CT molecular complexity index is 352. The highest BCUT2D eigenvalue weighted by Gasteiger charge is 2.13. The van der Waals surface area contributed by atoms with E-state index in [1.54, 1.807) is 0 Å². The minimum absolute atomic E-state index is 0.549. The number of nitrogens with zero attached hydrogens (tertiary/aromatic N) is 2. The molecule has 0 saturated heterocycles. The molecule has 1 heterocycles. The van der Waals surface area contributed by atoms with E-state index in [1.807, 2.05) is 6.20 Å². The molecule has 1 N–H and O–H groups in total. The number of nitrogens with one attached hydrogen (secondary N) is 1. The Hall–Kier alpha value is -1.09. The Kier molecular flexibility index (Phi) is 7.49. The van der Waals surface area contributed by atoms with Crippen LogP contribution in [-0.2, 0) is 6.54 Å². The highest BCUT2D eigenvalue weighted by Crippen LogP contribution is 2.18. The van der Waals surface area contributed by atoms with Crippen LogP contribution >= 0.6 is 0 Å². The lowest BCUT2D eigenvalue weighted by Crippen LogP contribution is -2.34. The molecule has 1 aromatic rings. The first-order chi connectivity index (χ1) is 9.22. The Morgan fingerprint density at radius 1 is 1.32 bits per heavy atom. The van der Waals surface area contributed by atoms with Crippen LogP contribution in [0.4, 0.5) is 5.82 Å². The fourth-order valence-corrected chi connectivity index (χ4v) is 2.11. The minimum atomic E-state index is 0.549. The van der Waals surface area contributed by atoms with E-state index in [0.29, 0.717) is 6.04 Å². The predicted octanol–water partition coefficient (Wildman–Crippen LogP) is 3.60. The number of rotatable bonds is 9. The molecule has 1 aromatic heterocycles. The SMILES string of the molecule is CCCCN(c1cc(CNCC)ccn1)C(C)CC. The zero-order chi connectivity index (χ0) is 14.1. The summed E-state index contributed by atoms with van der Waals surface area (Å²) in [4.78, 5) is 7.01. The van der Waals surface area contributed by atoms with E-state index >= 15 is 0 Å².